The van der Waals surface area contributed by atoms with Gasteiger partial charge in [0.25, 0.3) is 5.91 Å². The second kappa shape index (κ2) is 10.9. The Balaban J connectivity index is 1.44. The van der Waals surface area contributed by atoms with Crippen molar-refractivity contribution < 1.29 is 14.3 Å². The predicted octanol–water partition coefficient (Wildman–Crippen LogP) is 5.75. The molecule has 0 aliphatic heterocycles. The van der Waals surface area contributed by atoms with Gasteiger partial charge in [0, 0.05) is 15.6 Å². The number of benzene rings is 3. The highest BCUT2D eigenvalue weighted by atomic mass is 35.5. The molecule has 0 radical (unpaired) electrons. The molecule has 0 bridgehead atoms. The maximum absolute atomic E-state index is 11.8. The van der Waals surface area contributed by atoms with E-state index < -0.39 is 5.91 Å². The number of hydrogen-bond donors (Lipinski definition) is 1. The number of amides is 1. The minimum atomic E-state index is -0.419. The van der Waals surface area contributed by atoms with Crippen molar-refractivity contribution in [1.29, 1.82) is 0 Å². The lowest BCUT2D eigenvalue weighted by Gasteiger charge is -2.08. The molecule has 0 spiro atoms. The number of carbonyl (C=O) groups is 1. The first-order valence-electron chi connectivity index (χ1n) is 8.87. The molecular weight excluding hydrogens is 447 g/mol. The fraction of sp³-hybridized carbons (Fsp3) is 0.0909. The SMILES string of the molecule is O=C(COc1ccc(Cl)cc1Cl)N/N=C\c1ccc(OCc2ccccc2Cl)cc1. The molecule has 0 heterocycles. The van der Waals surface area contributed by atoms with E-state index in [9.17, 15) is 4.79 Å². The van der Waals surface area contributed by atoms with Crippen LogP contribution >= 0.6 is 34.8 Å². The number of carbonyl (C=O) groups excluding carboxylic acids is 1. The molecule has 5 nitrogen and oxygen atoms in total. The summed E-state index contributed by atoms with van der Waals surface area (Å²) in [5, 5.41) is 5.39. The lowest BCUT2D eigenvalue weighted by molar-refractivity contribution is -0.123. The summed E-state index contributed by atoms with van der Waals surface area (Å²) in [6, 6.07) is 19.5. The Bertz CT molecular complexity index is 1040. The van der Waals surface area contributed by atoms with Crippen molar-refractivity contribution >= 4 is 46.9 Å². The summed E-state index contributed by atoms with van der Waals surface area (Å²) >= 11 is 17.9. The van der Waals surface area contributed by atoms with Crippen LogP contribution in [0, 0.1) is 0 Å². The van der Waals surface area contributed by atoms with Gasteiger partial charge >= 0.3 is 0 Å². The van der Waals surface area contributed by atoms with Crippen molar-refractivity contribution in [2.24, 2.45) is 5.10 Å². The van der Waals surface area contributed by atoms with Crippen molar-refractivity contribution in [3.8, 4) is 11.5 Å². The Morgan fingerprint density at radius 3 is 2.43 bits per heavy atom. The van der Waals surface area contributed by atoms with Crippen molar-refractivity contribution in [2.45, 2.75) is 6.61 Å². The maximum Gasteiger partial charge on any atom is 0.277 e. The molecule has 0 aliphatic carbocycles. The summed E-state index contributed by atoms with van der Waals surface area (Å²) in [6.07, 6.45) is 1.52. The van der Waals surface area contributed by atoms with Gasteiger partial charge in [0.05, 0.1) is 11.2 Å². The van der Waals surface area contributed by atoms with E-state index in [1.165, 1.54) is 12.3 Å². The molecule has 0 saturated heterocycles. The number of hydrazone groups is 1. The smallest absolute Gasteiger partial charge is 0.277 e. The molecule has 1 amide bonds. The highest BCUT2D eigenvalue weighted by Gasteiger charge is 2.06. The molecule has 3 aromatic rings. The van der Waals surface area contributed by atoms with Gasteiger partial charge in [0.15, 0.2) is 6.61 Å². The topological polar surface area (TPSA) is 59.9 Å². The van der Waals surface area contributed by atoms with Crippen LogP contribution in [0.3, 0.4) is 0 Å². The van der Waals surface area contributed by atoms with Gasteiger partial charge in [-0.05, 0) is 54.1 Å². The van der Waals surface area contributed by atoms with Crippen LogP contribution in [0.25, 0.3) is 0 Å². The van der Waals surface area contributed by atoms with E-state index in [4.69, 9.17) is 44.3 Å². The van der Waals surface area contributed by atoms with Crippen LogP contribution in [0.4, 0.5) is 0 Å². The van der Waals surface area contributed by atoms with Crippen molar-refractivity contribution in [3.63, 3.8) is 0 Å². The minimum Gasteiger partial charge on any atom is -0.489 e. The first-order valence-corrected chi connectivity index (χ1v) is 10.0. The van der Waals surface area contributed by atoms with Crippen LogP contribution in [0.1, 0.15) is 11.1 Å². The zero-order valence-electron chi connectivity index (χ0n) is 15.6. The van der Waals surface area contributed by atoms with Crippen LogP contribution in [-0.4, -0.2) is 18.7 Å². The third-order valence-corrected chi connectivity index (χ3v) is 4.79. The van der Waals surface area contributed by atoms with E-state index in [1.807, 2.05) is 48.5 Å². The predicted molar refractivity (Wildman–Crippen MR) is 120 cm³/mol. The lowest BCUT2D eigenvalue weighted by atomic mass is 10.2. The first-order chi connectivity index (χ1) is 14.5. The summed E-state index contributed by atoms with van der Waals surface area (Å²) in [4.78, 5) is 11.8. The summed E-state index contributed by atoms with van der Waals surface area (Å²) in [6.45, 7) is 0.147. The molecule has 154 valence electrons. The zero-order valence-corrected chi connectivity index (χ0v) is 17.9. The van der Waals surface area contributed by atoms with Gasteiger partial charge in [0.1, 0.15) is 18.1 Å². The average molecular weight is 464 g/mol. The monoisotopic (exact) mass is 462 g/mol. The number of halogens is 3. The van der Waals surface area contributed by atoms with Crippen molar-refractivity contribution in [3.05, 3.63) is 92.9 Å². The number of hydrogen-bond acceptors (Lipinski definition) is 4. The zero-order chi connectivity index (χ0) is 21.3. The van der Waals surface area contributed by atoms with Gasteiger partial charge in [-0.3, -0.25) is 4.79 Å². The standard InChI is InChI=1S/C22H17Cl3N2O3/c23-17-7-10-21(20(25)11-17)30-14-22(28)27-26-12-15-5-8-18(9-6-15)29-13-16-3-1-2-4-19(16)24/h1-12H,13-14H2,(H,27,28)/b26-12-. The normalized spacial score (nSPS) is 10.8. The second-order valence-electron chi connectivity index (χ2n) is 6.11. The third kappa shape index (κ3) is 6.66. The number of nitrogens with one attached hydrogen (secondary N) is 1. The van der Waals surface area contributed by atoms with Crippen molar-refractivity contribution in [2.75, 3.05) is 6.61 Å². The molecule has 3 rings (SSSR count). The molecule has 0 saturated carbocycles. The fourth-order valence-electron chi connectivity index (χ4n) is 2.37. The van der Waals surface area contributed by atoms with Crippen LogP contribution in [0.2, 0.25) is 15.1 Å². The van der Waals surface area contributed by atoms with Gasteiger partial charge < -0.3 is 9.47 Å². The van der Waals surface area contributed by atoms with E-state index >= 15 is 0 Å². The summed E-state index contributed by atoms with van der Waals surface area (Å²) in [7, 11) is 0. The summed E-state index contributed by atoms with van der Waals surface area (Å²) in [5.74, 6) is 0.647. The molecule has 8 heteroatoms. The molecule has 0 atom stereocenters. The molecule has 0 aromatic heterocycles. The first kappa shape index (κ1) is 22.0. The Kier molecular flexibility index (Phi) is 7.97. The van der Waals surface area contributed by atoms with Gasteiger partial charge in [-0.15, -0.1) is 0 Å². The molecule has 3 aromatic carbocycles. The molecular formula is C22H17Cl3N2O3. The van der Waals surface area contributed by atoms with E-state index in [2.05, 4.69) is 10.5 Å². The quantitative estimate of drug-likeness (QED) is 0.341. The largest absolute Gasteiger partial charge is 0.489 e. The molecule has 0 unspecified atom stereocenters. The fourth-order valence-corrected chi connectivity index (χ4v) is 3.03. The average Bonchev–Trinajstić information content (AvgIpc) is 2.73. The van der Waals surface area contributed by atoms with Crippen LogP contribution in [-0.2, 0) is 11.4 Å². The Labute approximate surface area is 189 Å². The molecule has 30 heavy (non-hydrogen) atoms. The lowest BCUT2D eigenvalue weighted by Crippen LogP contribution is -2.24. The number of rotatable bonds is 8. The van der Waals surface area contributed by atoms with Gasteiger partial charge in [0.2, 0.25) is 0 Å². The van der Waals surface area contributed by atoms with Gasteiger partial charge in [-0.2, -0.15) is 5.10 Å². The van der Waals surface area contributed by atoms with E-state index in [-0.39, 0.29) is 6.61 Å². The van der Waals surface area contributed by atoms with E-state index in [0.29, 0.717) is 33.2 Å². The van der Waals surface area contributed by atoms with Crippen LogP contribution in [0.5, 0.6) is 11.5 Å². The minimum absolute atomic E-state index is 0.229. The maximum atomic E-state index is 11.8. The Hall–Kier alpha value is -2.73. The molecule has 1 N–H and O–H groups in total. The van der Waals surface area contributed by atoms with Crippen LogP contribution < -0.4 is 14.9 Å². The van der Waals surface area contributed by atoms with E-state index in [1.54, 1.807) is 12.1 Å². The number of nitrogens with zero attached hydrogens (tertiary/aromatic N) is 1. The molecule has 0 fully saturated rings. The summed E-state index contributed by atoms with van der Waals surface area (Å²) < 4.78 is 11.1. The second-order valence-corrected chi connectivity index (χ2v) is 7.36. The van der Waals surface area contributed by atoms with Gasteiger partial charge in [-0.25, -0.2) is 5.43 Å². The highest BCUT2D eigenvalue weighted by molar-refractivity contribution is 6.35. The van der Waals surface area contributed by atoms with Gasteiger partial charge in [-0.1, -0.05) is 53.0 Å². The molecule has 0 aliphatic rings. The third-order valence-electron chi connectivity index (χ3n) is 3.89. The number of ether oxygens (including phenoxy) is 2. The summed E-state index contributed by atoms with van der Waals surface area (Å²) in [5.41, 5.74) is 4.10. The van der Waals surface area contributed by atoms with Crippen LogP contribution in [0.15, 0.2) is 71.8 Å². The Morgan fingerprint density at radius 2 is 1.70 bits per heavy atom. The highest BCUT2D eigenvalue weighted by Crippen LogP contribution is 2.27. The van der Waals surface area contributed by atoms with E-state index in [0.717, 1.165) is 11.1 Å². The Morgan fingerprint density at radius 1 is 0.933 bits per heavy atom. The van der Waals surface area contributed by atoms with Crippen molar-refractivity contribution in [1.82, 2.24) is 5.43 Å².